The van der Waals surface area contributed by atoms with Gasteiger partial charge in [0.1, 0.15) is 16.5 Å². The molecular weight excluding hydrogens is 240 g/mol. The van der Waals surface area contributed by atoms with Gasteiger partial charge in [-0.2, -0.15) is 5.26 Å². The van der Waals surface area contributed by atoms with Crippen LogP contribution in [0.15, 0.2) is 18.3 Å². The molecule has 0 fully saturated rings. The Morgan fingerprint density at radius 1 is 1.65 bits per heavy atom. The number of hydrogen-bond donors (Lipinski definition) is 1. The maximum atomic E-state index is 11.9. The molecule has 0 aliphatic heterocycles. The van der Waals surface area contributed by atoms with Gasteiger partial charge < -0.3 is 5.11 Å². The summed E-state index contributed by atoms with van der Waals surface area (Å²) in [7, 11) is -1.61. The molecule has 1 aromatic heterocycles. The molecule has 1 heterocycles. The van der Waals surface area contributed by atoms with E-state index >= 15 is 0 Å². The molecule has 0 spiro atoms. The highest BCUT2D eigenvalue weighted by atomic mass is 32.2. The third-order valence-corrected chi connectivity index (χ3v) is 4.25. The van der Waals surface area contributed by atoms with Crippen molar-refractivity contribution < 1.29 is 14.1 Å². The first-order valence-corrected chi connectivity index (χ1v) is 6.17. The number of aromatic nitrogens is 1. The highest BCUT2D eigenvalue weighted by Gasteiger charge is 2.34. The molecule has 0 bridgehead atoms. The third kappa shape index (κ3) is 2.88. The van der Waals surface area contributed by atoms with E-state index in [0.717, 1.165) is 0 Å². The summed E-state index contributed by atoms with van der Waals surface area (Å²) in [5.74, 6) is -1.12. The number of hydrogen-bond acceptors (Lipinski definition) is 4. The van der Waals surface area contributed by atoms with E-state index in [1.807, 2.05) is 6.07 Å². The Labute approximate surface area is 102 Å². The van der Waals surface area contributed by atoms with Gasteiger partial charge in [-0.3, -0.25) is 9.00 Å². The number of aliphatic carboxylic acids is 1. The molecule has 1 rings (SSSR count). The van der Waals surface area contributed by atoms with Gasteiger partial charge >= 0.3 is 5.97 Å². The van der Waals surface area contributed by atoms with E-state index in [1.165, 1.54) is 20.0 Å². The topological polar surface area (TPSA) is 91.0 Å². The Morgan fingerprint density at radius 3 is 2.82 bits per heavy atom. The molecule has 5 nitrogen and oxygen atoms in total. The highest BCUT2D eigenvalue weighted by Crippen LogP contribution is 2.18. The van der Waals surface area contributed by atoms with Crippen LogP contribution in [0.25, 0.3) is 0 Å². The minimum atomic E-state index is -1.61. The number of rotatable bonds is 4. The Hall–Kier alpha value is -1.74. The molecule has 0 saturated heterocycles. The monoisotopic (exact) mass is 252 g/mol. The van der Waals surface area contributed by atoms with E-state index < -0.39 is 21.5 Å². The zero-order chi connectivity index (χ0) is 13.1. The number of pyridine rings is 1. The van der Waals surface area contributed by atoms with Gasteiger partial charge in [-0.25, -0.2) is 4.98 Å². The normalized spacial score (nSPS) is 12.8. The molecule has 0 amide bonds. The third-order valence-electron chi connectivity index (χ3n) is 2.37. The molecule has 0 aromatic carbocycles. The number of nitrogens with zero attached hydrogens (tertiary/aromatic N) is 2. The Bertz CT molecular complexity index is 506. The molecule has 1 aromatic rings. The molecule has 0 radical (unpaired) electrons. The van der Waals surface area contributed by atoms with Crippen LogP contribution in [0, 0.1) is 11.3 Å². The molecule has 6 heteroatoms. The van der Waals surface area contributed by atoms with E-state index in [1.54, 1.807) is 12.1 Å². The van der Waals surface area contributed by atoms with Gasteiger partial charge in [-0.15, -0.1) is 0 Å². The van der Waals surface area contributed by atoms with Gasteiger partial charge in [0.2, 0.25) is 0 Å². The predicted molar refractivity (Wildman–Crippen MR) is 62.5 cm³/mol. The average molecular weight is 252 g/mol. The van der Waals surface area contributed by atoms with Gasteiger partial charge in [0.25, 0.3) is 0 Å². The predicted octanol–water partition coefficient (Wildman–Crippen LogP) is 1.07. The molecule has 0 aliphatic rings. The van der Waals surface area contributed by atoms with Gasteiger partial charge in [0, 0.05) is 22.6 Å². The largest absolute Gasteiger partial charge is 0.480 e. The van der Waals surface area contributed by atoms with Crippen LogP contribution in [0.4, 0.5) is 0 Å². The molecule has 0 saturated carbocycles. The van der Waals surface area contributed by atoms with Crippen LogP contribution in [0.1, 0.15) is 25.1 Å². The average Bonchev–Trinajstić information content (AvgIpc) is 2.29. The second kappa shape index (κ2) is 5.06. The number of nitriles is 1. The maximum absolute atomic E-state index is 11.9. The number of carbonyl (C=O) groups is 1. The van der Waals surface area contributed by atoms with Crippen molar-refractivity contribution in [3.63, 3.8) is 0 Å². The van der Waals surface area contributed by atoms with Gasteiger partial charge in [0.05, 0.1) is 5.75 Å². The van der Waals surface area contributed by atoms with Crippen LogP contribution in [0.2, 0.25) is 0 Å². The smallest absolute Gasteiger partial charge is 0.321 e. The molecule has 1 atom stereocenters. The van der Waals surface area contributed by atoms with Crippen molar-refractivity contribution in [2.75, 3.05) is 0 Å². The first-order valence-electron chi connectivity index (χ1n) is 4.85. The Kier molecular flexibility index (Phi) is 3.97. The van der Waals surface area contributed by atoms with Crippen LogP contribution < -0.4 is 0 Å². The van der Waals surface area contributed by atoms with Crippen molar-refractivity contribution >= 4 is 16.8 Å². The number of carboxylic acid groups (broad SMARTS) is 1. The Balaban J connectivity index is 2.97. The Morgan fingerprint density at radius 2 is 2.29 bits per heavy atom. The van der Waals surface area contributed by atoms with E-state index in [9.17, 15) is 9.00 Å². The van der Waals surface area contributed by atoms with Crippen LogP contribution in [0.5, 0.6) is 0 Å². The lowest BCUT2D eigenvalue weighted by atomic mass is 10.2. The van der Waals surface area contributed by atoms with E-state index in [-0.39, 0.29) is 11.4 Å². The minimum absolute atomic E-state index is 0.00995. The van der Waals surface area contributed by atoms with E-state index in [0.29, 0.717) is 5.56 Å². The molecule has 1 N–H and O–H groups in total. The lowest BCUT2D eigenvalue weighted by Gasteiger charge is -2.18. The lowest BCUT2D eigenvalue weighted by Crippen LogP contribution is -2.37. The summed E-state index contributed by atoms with van der Waals surface area (Å²) in [6, 6.07) is 5.14. The summed E-state index contributed by atoms with van der Waals surface area (Å²) in [5.41, 5.74) is 0.685. The molecule has 0 aliphatic carbocycles. The van der Waals surface area contributed by atoms with Crippen LogP contribution >= 0.6 is 0 Å². The van der Waals surface area contributed by atoms with Crippen LogP contribution in [0.3, 0.4) is 0 Å². The summed E-state index contributed by atoms with van der Waals surface area (Å²) >= 11 is 0. The van der Waals surface area contributed by atoms with Gasteiger partial charge in [-0.05, 0) is 19.9 Å². The second-order valence-corrected chi connectivity index (χ2v) is 5.93. The fourth-order valence-corrected chi connectivity index (χ4v) is 2.15. The molecular formula is C11H12N2O3S. The van der Waals surface area contributed by atoms with Crippen molar-refractivity contribution in [2.45, 2.75) is 24.3 Å². The van der Waals surface area contributed by atoms with Gasteiger partial charge in [0.15, 0.2) is 0 Å². The summed E-state index contributed by atoms with van der Waals surface area (Å²) in [6.45, 7) is 2.79. The minimum Gasteiger partial charge on any atom is -0.480 e. The first-order chi connectivity index (χ1) is 7.89. The quantitative estimate of drug-likeness (QED) is 0.865. The van der Waals surface area contributed by atoms with Crippen molar-refractivity contribution in [3.05, 3.63) is 29.6 Å². The van der Waals surface area contributed by atoms with Crippen molar-refractivity contribution in [1.29, 1.82) is 5.26 Å². The zero-order valence-electron chi connectivity index (χ0n) is 9.51. The van der Waals surface area contributed by atoms with Gasteiger partial charge in [-0.1, -0.05) is 6.07 Å². The second-order valence-electron chi connectivity index (χ2n) is 3.93. The summed E-state index contributed by atoms with van der Waals surface area (Å²) in [4.78, 5) is 14.8. The van der Waals surface area contributed by atoms with E-state index in [2.05, 4.69) is 4.98 Å². The highest BCUT2D eigenvalue weighted by molar-refractivity contribution is 7.86. The lowest BCUT2D eigenvalue weighted by molar-refractivity contribution is -0.139. The molecule has 90 valence electrons. The van der Waals surface area contributed by atoms with Crippen molar-refractivity contribution in [1.82, 2.24) is 4.98 Å². The fourth-order valence-electron chi connectivity index (χ4n) is 1.07. The van der Waals surface area contributed by atoms with Crippen molar-refractivity contribution in [2.24, 2.45) is 0 Å². The van der Waals surface area contributed by atoms with Crippen LogP contribution in [-0.2, 0) is 21.3 Å². The van der Waals surface area contributed by atoms with Crippen molar-refractivity contribution in [3.8, 4) is 6.07 Å². The van der Waals surface area contributed by atoms with E-state index in [4.69, 9.17) is 10.4 Å². The summed E-state index contributed by atoms with van der Waals surface area (Å²) < 4.78 is 10.6. The SMILES string of the molecule is CC(C)(C(=O)O)S(=O)Cc1cccnc1C#N. The molecule has 17 heavy (non-hydrogen) atoms. The number of carboxylic acids is 1. The zero-order valence-corrected chi connectivity index (χ0v) is 10.3. The van der Waals surface area contributed by atoms with Crippen LogP contribution in [-0.4, -0.2) is 25.0 Å². The summed E-state index contributed by atoms with van der Waals surface area (Å²) in [6.07, 6.45) is 1.47. The first kappa shape index (κ1) is 13.3. The summed E-state index contributed by atoms with van der Waals surface area (Å²) in [5, 5.41) is 17.8. The maximum Gasteiger partial charge on any atom is 0.321 e. The fraction of sp³-hybridized carbons (Fsp3) is 0.364. The standard InChI is InChI=1S/C11H12N2O3S/c1-11(2,10(14)15)17(16)7-8-4-3-5-13-9(8)6-12/h3-5H,7H2,1-2H3,(H,14,15). The molecule has 1 unspecified atom stereocenters.